The highest BCUT2D eigenvalue weighted by Crippen LogP contribution is 2.34. The molecule has 7 heteroatoms. The summed E-state index contributed by atoms with van der Waals surface area (Å²) in [5.41, 5.74) is 3.01. The average Bonchev–Trinajstić information content (AvgIpc) is 2.97. The number of benzene rings is 2. The van der Waals surface area contributed by atoms with E-state index in [9.17, 15) is 27.2 Å². The number of anilines is 1. The molecule has 47 heavy (non-hydrogen) atoms. The number of unbranched alkanes of at least 4 members (excludes halogenated alkanes) is 2. The van der Waals surface area contributed by atoms with Gasteiger partial charge in [-0.1, -0.05) is 93.1 Å². The van der Waals surface area contributed by atoms with Crippen LogP contribution in [-0.4, -0.2) is 11.6 Å². The molecule has 0 saturated carbocycles. The maximum atomic E-state index is 13.2. The van der Waals surface area contributed by atoms with E-state index in [1.807, 2.05) is 32.0 Å². The van der Waals surface area contributed by atoms with Crippen LogP contribution in [0.15, 0.2) is 48.7 Å². The summed E-state index contributed by atoms with van der Waals surface area (Å²) < 4.78 is 52.8. The Hall–Kier alpha value is -2.96. The first-order chi connectivity index (χ1) is 21.8. The molecule has 0 amide bonds. The van der Waals surface area contributed by atoms with Crippen molar-refractivity contribution in [2.75, 3.05) is 5.32 Å². The van der Waals surface area contributed by atoms with E-state index in [-0.39, 0.29) is 23.6 Å². The third kappa shape index (κ3) is 22.3. The zero-order chi connectivity index (χ0) is 36.8. The first kappa shape index (κ1) is 46.2. The van der Waals surface area contributed by atoms with Gasteiger partial charge < -0.3 is 5.32 Å². The summed E-state index contributed by atoms with van der Waals surface area (Å²) in [4.78, 5) is 23.2. The molecule has 268 valence electrons. The molecule has 0 bridgehead atoms. The monoisotopic (exact) mass is 665 g/mol. The predicted molar refractivity (Wildman–Crippen MR) is 193 cm³/mol. The summed E-state index contributed by atoms with van der Waals surface area (Å²) in [7, 11) is 0. The fraction of sp³-hybridized carbons (Fsp3) is 0.600. The molecule has 2 rings (SSSR count). The number of allylic oxidation sites excluding steroid dienone is 1. The maximum absolute atomic E-state index is 13.2. The van der Waals surface area contributed by atoms with Gasteiger partial charge in [0.1, 0.15) is 5.78 Å². The number of ketones is 2. The minimum Gasteiger partial charge on any atom is -0.360 e. The van der Waals surface area contributed by atoms with Crippen LogP contribution in [-0.2, 0) is 23.1 Å². The lowest BCUT2D eigenvalue weighted by Crippen LogP contribution is -2.14. The third-order valence-corrected chi connectivity index (χ3v) is 7.24. The lowest BCUT2D eigenvalue weighted by atomic mass is 9.96. The van der Waals surface area contributed by atoms with Gasteiger partial charge in [-0.15, -0.1) is 0 Å². The van der Waals surface area contributed by atoms with Crippen LogP contribution in [0.4, 0.5) is 23.2 Å². The first-order valence-electron chi connectivity index (χ1n) is 17.2. The van der Waals surface area contributed by atoms with Crippen LogP contribution < -0.4 is 5.32 Å². The van der Waals surface area contributed by atoms with E-state index in [0.29, 0.717) is 20.3 Å². The maximum Gasteiger partial charge on any atom is 0.270 e. The number of rotatable bonds is 15. The van der Waals surface area contributed by atoms with Gasteiger partial charge in [0.2, 0.25) is 0 Å². The summed E-state index contributed by atoms with van der Waals surface area (Å²) in [6.45, 7) is 23.5. The SMILES string of the molecule is C=C(C)Nc1ccc(C(=O)CCCC(C)CCC)cc1C.CC(=O)Cc1cc(C(C)(F)F)cc(C(C)(F)F)c1.CCCC.CCCC. The van der Waals surface area contributed by atoms with Crippen molar-refractivity contribution in [1.82, 2.24) is 0 Å². The Morgan fingerprint density at radius 1 is 0.787 bits per heavy atom. The molecule has 0 saturated heterocycles. The third-order valence-electron chi connectivity index (χ3n) is 7.24. The first-order valence-corrected chi connectivity index (χ1v) is 17.2. The molecule has 0 aromatic heterocycles. The molecule has 0 fully saturated rings. The number of carbonyl (C=O) groups excluding carboxylic acids is 2. The molecule has 2 aromatic carbocycles. The minimum atomic E-state index is -3.22. The van der Waals surface area contributed by atoms with Crippen LogP contribution in [0.1, 0.15) is 160 Å². The van der Waals surface area contributed by atoms with Crippen molar-refractivity contribution < 1.29 is 27.2 Å². The summed E-state index contributed by atoms with van der Waals surface area (Å²) in [5.74, 6) is -5.72. The lowest BCUT2D eigenvalue weighted by Gasteiger charge is -2.17. The van der Waals surface area contributed by atoms with E-state index in [4.69, 9.17) is 0 Å². The van der Waals surface area contributed by atoms with Crippen LogP contribution in [0.3, 0.4) is 0 Å². The van der Waals surface area contributed by atoms with E-state index < -0.39 is 23.0 Å². The van der Waals surface area contributed by atoms with Gasteiger partial charge in [0.05, 0.1) is 0 Å². The molecule has 0 radical (unpaired) electrons. The molecule has 1 unspecified atom stereocenters. The molecule has 0 heterocycles. The number of carbonyl (C=O) groups is 2. The lowest BCUT2D eigenvalue weighted by molar-refractivity contribution is -0.116. The van der Waals surface area contributed by atoms with E-state index in [0.717, 1.165) is 59.5 Å². The Kier molecular flexibility index (Phi) is 23.8. The van der Waals surface area contributed by atoms with Crippen LogP contribution in [0.2, 0.25) is 0 Å². The molecule has 0 spiro atoms. The fourth-order valence-corrected chi connectivity index (χ4v) is 4.19. The van der Waals surface area contributed by atoms with Gasteiger partial charge in [0, 0.05) is 54.8 Å². The fourth-order valence-electron chi connectivity index (χ4n) is 4.19. The Morgan fingerprint density at radius 3 is 1.64 bits per heavy atom. The van der Waals surface area contributed by atoms with Crippen molar-refractivity contribution in [3.05, 3.63) is 76.5 Å². The number of nitrogens with one attached hydrogen (secondary N) is 1. The summed E-state index contributed by atoms with van der Waals surface area (Å²) in [5, 5.41) is 3.21. The van der Waals surface area contributed by atoms with Crippen molar-refractivity contribution in [2.45, 2.75) is 152 Å². The number of hydrogen-bond acceptors (Lipinski definition) is 3. The standard InChI is InChI=1S/C19H29NO.C13H14F4O.2C4H10/c1-6-8-15(4)9-7-10-19(21)17-11-12-18(16(5)13-17)20-14(2)3;1-8(18)4-9-5-10(12(2,14)15)7-11(6-9)13(3,16)17;2*1-3-4-2/h11-13,15,20H,2,6-10H2,1,3-5H3;5-7H,4H2,1-3H3;2*3-4H2,1-2H3. The van der Waals surface area contributed by atoms with Gasteiger partial charge >= 0.3 is 0 Å². The van der Waals surface area contributed by atoms with E-state index >= 15 is 0 Å². The van der Waals surface area contributed by atoms with Crippen molar-refractivity contribution in [1.29, 1.82) is 0 Å². The van der Waals surface area contributed by atoms with Crippen LogP contribution >= 0.6 is 0 Å². The van der Waals surface area contributed by atoms with Gasteiger partial charge in [0.25, 0.3) is 11.8 Å². The van der Waals surface area contributed by atoms with Crippen molar-refractivity contribution in [3.8, 4) is 0 Å². The molecule has 3 nitrogen and oxygen atoms in total. The zero-order valence-corrected chi connectivity index (χ0v) is 31.1. The highest BCUT2D eigenvalue weighted by molar-refractivity contribution is 5.96. The molecule has 1 atom stereocenters. The highest BCUT2D eigenvalue weighted by Gasteiger charge is 2.30. The topological polar surface area (TPSA) is 46.2 Å². The van der Waals surface area contributed by atoms with E-state index in [1.54, 1.807) is 0 Å². The van der Waals surface area contributed by atoms with E-state index in [2.05, 4.69) is 53.4 Å². The predicted octanol–water partition coefficient (Wildman–Crippen LogP) is 13.4. The Labute approximate surface area is 284 Å². The average molecular weight is 666 g/mol. The van der Waals surface area contributed by atoms with E-state index in [1.165, 1.54) is 45.4 Å². The van der Waals surface area contributed by atoms with Gasteiger partial charge in [-0.3, -0.25) is 9.59 Å². The normalized spacial score (nSPS) is 11.5. The summed E-state index contributed by atoms with van der Waals surface area (Å²) in [6.07, 6.45) is 10.4. The van der Waals surface area contributed by atoms with Crippen LogP contribution in [0.5, 0.6) is 0 Å². The second-order valence-electron chi connectivity index (χ2n) is 12.7. The molecule has 0 aliphatic rings. The van der Waals surface area contributed by atoms with Gasteiger partial charge in [0.15, 0.2) is 5.78 Å². The molecule has 0 aliphatic carbocycles. The minimum absolute atomic E-state index is 0.132. The zero-order valence-electron chi connectivity index (χ0n) is 31.1. The van der Waals surface area contributed by atoms with Crippen LogP contribution in [0, 0.1) is 12.8 Å². The van der Waals surface area contributed by atoms with Gasteiger partial charge in [-0.25, -0.2) is 17.6 Å². The second kappa shape index (κ2) is 24.2. The molecule has 1 N–H and O–H groups in total. The van der Waals surface area contributed by atoms with Gasteiger partial charge in [-0.05, 0) is 80.6 Å². The summed E-state index contributed by atoms with van der Waals surface area (Å²) in [6, 6.07) is 8.83. The smallest absolute Gasteiger partial charge is 0.270 e. The quantitative estimate of drug-likeness (QED) is 0.152. The van der Waals surface area contributed by atoms with Gasteiger partial charge in [-0.2, -0.15) is 0 Å². The second-order valence-corrected chi connectivity index (χ2v) is 12.7. The van der Waals surface area contributed by atoms with Crippen molar-refractivity contribution in [2.24, 2.45) is 5.92 Å². The molecule has 0 aliphatic heterocycles. The Balaban J connectivity index is 0. The molecular formula is C40H63F4NO2. The molecular weight excluding hydrogens is 602 g/mol. The largest absolute Gasteiger partial charge is 0.360 e. The number of Topliss-reactive ketones (excluding diaryl/α,β-unsaturated/α-hetero) is 2. The Bertz CT molecular complexity index is 1160. The van der Waals surface area contributed by atoms with Crippen molar-refractivity contribution in [3.63, 3.8) is 0 Å². The highest BCUT2D eigenvalue weighted by atomic mass is 19.3. The van der Waals surface area contributed by atoms with Crippen LogP contribution in [0.25, 0.3) is 0 Å². The number of halogens is 4. The number of alkyl halides is 4. The summed E-state index contributed by atoms with van der Waals surface area (Å²) >= 11 is 0. The number of hydrogen-bond donors (Lipinski definition) is 1. The van der Waals surface area contributed by atoms with Crippen molar-refractivity contribution >= 4 is 17.3 Å². The molecule has 2 aromatic rings. The number of aryl methyl sites for hydroxylation is 1. The Morgan fingerprint density at radius 2 is 1.28 bits per heavy atom.